The van der Waals surface area contributed by atoms with Gasteiger partial charge in [0.15, 0.2) is 0 Å². The van der Waals surface area contributed by atoms with Crippen LogP contribution in [0.5, 0.6) is 0 Å². The van der Waals surface area contributed by atoms with Gasteiger partial charge in [0.25, 0.3) is 0 Å². The summed E-state index contributed by atoms with van der Waals surface area (Å²) in [7, 11) is 0. The smallest absolute Gasteiger partial charge is 0.0322 e. The molecule has 0 radical (unpaired) electrons. The van der Waals surface area contributed by atoms with Crippen molar-refractivity contribution in [1.29, 1.82) is 0 Å². The summed E-state index contributed by atoms with van der Waals surface area (Å²) in [6.45, 7) is 7.12. The van der Waals surface area contributed by atoms with Crippen molar-refractivity contribution in [1.82, 2.24) is 5.32 Å². The molecule has 1 nitrogen and oxygen atoms in total. The molecule has 0 spiro atoms. The van der Waals surface area contributed by atoms with Crippen LogP contribution in [0.25, 0.3) is 0 Å². The molecule has 1 heteroatoms. The molecule has 21 heavy (non-hydrogen) atoms. The van der Waals surface area contributed by atoms with Crippen molar-refractivity contribution in [3.8, 4) is 0 Å². The maximum atomic E-state index is 3.99. The van der Waals surface area contributed by atoms with Crippen LogP contribution in [0.3, 0.4) is 0 Å². The quantitative estimate of drug-likeness (QED) is 0.632. The molecule has 3 atom stereocenters. The van der Waals surface area contributed by atoms with E-state index in [0.717, 1.165) is 11.8 Å². The average Bonchev–Trinajstić information content (AvgIpc) is 2.46. The van der Waals surface area contributed by atoms with Gasteiger partial charge in [0, 0.05) is 12.1 Å². The zero-order chi connectivity index (χ0) is 15.1. The Balaban J connectivity index is 1.98. The van der Waals surface area contributed by atoms with Crippen molar-refractivity contribution in [2.45, 2.75) is 77.8 Å². The van der Waals surface area contributed by atoms with Gasteiger partial charge >= 0.3 is 0 Å². The third kappa shape index (κ3) is 5.47. The molecule has 1 aromatic carbocycles. The fourth-order valence-corrected chi connectivity index (χ4v) is 4.00. The number of unbranched alkanes of at least 4 members (excludes halogenated alkanes) is 2. The second-order valence-corrected chi connectivity index (χ2v) is 7.24. The molecule has 1 N–H and O–H groups in total. The van der Waals surface area contributed by atoms with Crippen LogP contribution in [-0.2, 0) is 0 Å². The highest BCUT2D eigenvalue weighted by molar-refractivity contribution is 5.19. The van der Waals surface area contributed by atoms with E-state index in [1.54, 1.807) is 0 Å². The minimum atomic E-state index is 0.542. The Morgan fingerprint density at radius 1 is 1.00 bits per heavy atom. The van der Waals surface area contributed by atoms with E-state index in [1.165, 1.54) is 50.5 Å². The van der Waals surface area contributed by atoms with Gasteiger partial charge < -0.3 is 5.32 Å². The molecule has 0 heterocycles. The lowest BCUT2D eigenvalue weighted by Crippen LogP contribution is -2.38. The Labute approximate surface area is 131 Å². The van der Waals surface area contributed by atoms with Crippen molar-refractivity contribution >= 4 is 0 Å². The summed E-state index contributed by atoms with van der Waals surface area (Å²) in [6, 6.07) is 12.3. The third-order valence-corrected chi connectivity index (χ3v) is 4.91. The highest BCUT2D eigenvalue weighted by Crippen LogP contribution is 2.31. The van der Waals surface area contributed by atoms with Gasteiger partial charge in [-0.25, -0.2) is 0 Å². The van der Waals surface area contributed by atoms with Crippen molar-refractivity contribution < 1.29 is 0 Å². The molecule has 3 unspecified atom stereocenters. The van der Waals surface area contributed by atoms with Gasteiger partial charge in [0.05, 0.1) is 0 Å². The van der Waals surface area contributed by atoms with Gasteiger partial charge in [0.1, 0.15) is 0 Å². The van der Waals surface area contributed by atoms with Crippen molar-refractivity contribution in [2.24, 2.45) is 11.8 Å². The monoisotopic (exact) mass is 287 g/mol. The summed E-state index contributed by atoms with van der Waals surface area (Å²) in [5.74, 6) is 1.75. The van der Waals surface area contributed by atoms with E-state index in [1.807, 2.05) is 0 Å². The van der Waals surface area contributed by atoms with Crippen LogP contribution in [-0.4, -0.2) is 6.04 Å². The van der Waals surface area contributed by atoms with Gasteiger partial charge in [-0.2, -0.15) is 0 Å². The second kappa shape index (κ2) is 8.58. The number of hydrogen-bond donors (Lipinski definition) is 1. The molecule has 0 aromatic heterocycles. The summed E-state index contributed by atoms with van der Waals surface area (Å²) < 4.78 is 0. The Hall–Kier alpha value is -0.820. The lowest BCUT2D eigenvalue weighted by molar-refractivity contribution is 0.222. The second-order valence-electron chi connectivity index (χ2n) is 7.24. The summed E-state index contributed by atoms with van der Waals surface area (Å²) in [5.41, 5.74) is 1.47. The fourth-order valence-electron chi connectivity index (χ4n) is 4.00. The molecule has 0 amide bonds. The molecule has 1 fully saturated rings. The predicted molar refractivity (Wildman–Crippen MR) is 92.4 cm³/mol. The van der Waals surface area contributed by atoms with Crippen LogP contribution in [0.15, 0.2) is 30.3 Å². The fraction of sp³-hybridized carbons (Fsp3) is 0.700. The molecule has 2 rings (SSSR count). The van der Waals surface area contributed by atoms with Gasteiger partial charge in [-0.3, -0.25) is 0 Å². The molecular weight excluding hydrogens is 254 g/mol. The normalized spacial score (nSPS) is 27.5. The maximum Gasteiger partial charge on any atom is 0.0322 e. The molecule has 0 aliphatic heterocycles. The zero-order valence-corrected chi connectivity index (χ0v) is 14.1. The van der Waals surface area contributed by atoms with E-state index in [-0.39, 0.29) is 0 Å². The standard InChI is InChI=1S/C20H33N/c1-4-5-7-12-20(18-10-8-6-9-11-18)21-19-14-16(2)13-17(3)15-19/h6,8-11,16-17,19-21H,4-5,7,12-15H2,1-3H3. The van der Waals surface area contributed by atoms with Crippen molar-refractivity contribution in [3.05, 3.63) is 35.9 Å². The first-order valence-electron chi connectivity index (χ1n) is 9.00. The van der Waals surface area contributed by atoms with E-state index < -0.39 is 0 Å². The number of rotatable bonds is 7. The van der Waals surface area contributed by atoms with Gasteiger partial charge in [-0.1, -0.05) is 70.4 Å². The summed E-state index contributed by atoms with van der Waals surface area (Å²) >= 11 is 0. The van der Waals surface area contributed by atoms with Crippen LogP contribution in [0.1, 0.15) is 77.3 Å². The predicted octanol–water partition coefficient (Wildman–Crippen LogP) is 5.72. The maximum absolute atomic E-state index is 3.99. The largest absolute Gasteiger partial charge is 0.307 e. The van der Waals surface area contributed by atoms with Crippen LogP contribution in [0.2, 0.25) is 0 Å². The zero-order valence-electron chi connectivity index (χ0n) is 14.1. The first-order chi connectivity index (χ1) is 10.2. The molecule has 0 bridgehead atoms. The van der Waals surface area contributed by atoms with Gasteiger partial charge in [-0.05, 0) is 43.1 Å². The molecular formula is C20H33N. The van der Waals surface area contributed by atoms with E-state index in [9.17, 15) is 0 Å². The molecule has 1 aliphatic rings. The van der Waals surface area contributed by atoms with Crippen LogP contribution in [0.4, 0.5) is 0 Å². The lowest BCUT2D eigenvalue weighted by atomic mass is 9.80. The van der Waals surface area contributed by atoms with E-state index >= 15 is 0 Å². The lowest BCUT2D eigenvalue weighted by Gasteiger charge is -2.35. The topological polar surface area (TPSA) is 12.0 Å². The highest BCUT2D eigenvalue weighted by atomic mass is 15.0. The Bertz CT molecular complexity index is 376. The first kappa shape index (κ1) is 16.5. The number of benzene rings is 1. The van der Waals surface area contributed by atoms with E-state index in [4.69, 9.17) is 0 Å². The van der Waals surface area contributed by atoms with E-state index in [0.29, 0.717) is 12.1 Å². The Kier molecular flexibility index (Phi) is 6.76. The summed E-state index contributed by atoms with van der Waals surface area (Å²) in [6.07, 6.45) is 9.37. The molecule has 118 valence electrons. The SMILES string of the molecule is CCCCCC(NC1CC(C)CC(C)C1)c1ccccc1. The molecule has 0 saturated heterocycles. The van der Waals surface area contributed by atoms with Gasteiger partial charge in [-0.15, -0.1) is 0 Å². The first-order valence-corrected chi connectivity index (χ1v) is 9.00. The van der Waals surface area contributed by atoms with Crippen LogP contribution in [0, 0.1) is 11.8 Å². The minimum Gasteiger partial charge on any atom is -0.307 e. The average molecular weight is 287 g/mol. The number of hydrogen-bond acceptors (Lipinski definition) is 1. The van der Waals surface area contributed by atoms with Crippen molar-refractivity contribution in [2.75, 3.05) is 0 Å². The molecule has 1 saturated carbocycles. The van der Waals surface area contributed by atoms with Crippen molar-refractivity contribution in [3.63, 3.8) is 0 Å². The summed E-state index contributed by atoms with van der Waals surface area (Å²) in [5, 5.41) is 3.99. The minimum absolute atomic E-state index is 0.542. The van der Waals surface area contributed by atoms with Crippen LogP contribution >= 0.6 is 0 Å². The molecule has 1 aliphatic carbocycles. The highest BCUT2D eigenvalue weighted by Gasteiger charge is 2.25. The van der Waals surface area contributed by atoms with Crippen LogP contribution < -0.4 is 5.32 Å². The Morgan fingerprint density at radius 3 is 2.29 bits per heavy atom. The number of nitrogens with one attached hydrogen (secondary N) is 1. The van der Waals surface area contributed by atoms with E-state index in [2.05, 4.69) is 56.4 Å². The summed E-state index contributed by atoms with van der Waals surface area (Å²) in [4.78, 5) is 0. The third-order valence-electron chi connectivity index (χ3n) is 4.91. The van der Waals surface area contributed by atoms with Gasteiger partial charge in [0.2, 0.25) is 0 Å². The molecule has 1 aromatic rings. The Morgan fingerprint density at radius 2 is 1.67 bits per heavy atom.